The molecule has 0 aliphatic rings. The van der Waals surface area contributed by atoms with Crippen molar-refractivity contribution < 1.29 is 4.79 Å². The number of nitrogens with one attached hydrogen (secondary N) is 1. The third-order valence-corrected chi connectivity index (χ3v) is 5.52. The molecule has 0 aliphatic heterocycles. The monoisotopic (exact) mass is 371 g/mol. The number of carbonyl (C=O) groups is 1. The SMILES string of the molecule is CCc1ccc([C@@H](NC(=O)CSc2nc(C)c(C)c(C)n2)C(C)C)cc1. The first kappa shape index (κ1) is 20.4. The standard InChI is InChI=1S/C21H29N3OS/c1-7-17-8-10-18(11-9-17)20(13(2)3)24-19(25)12-26-21-22-15(5)14(4)16(6)23-21/h8-11,13,20H,7,12H2,1-6H3,(H,24,25)/t20-/m0/s1. The van der Waals surface area contributed by atoms with Crippen LogP contribution in [-0.4, -0.2) is 21.6 Å². The van der Waals surface area contributed by atoms with Gasteiger partial charge in [0.2, 0.25) is 5.91 Å². The number of thioether (sulfide) groups is 1. The second kappa shape index (κ2) is 9.17. The minimum absolute atomic E-state index is 0.00718. The molecule has 4 nitrogen and oxygen atoms in total. The highest BCUT2D eigenvalue weighted by Crippen LogP contribution is 2.23. The lowest BCUT2D eigenvalue weighted by Crippen LogP contribution is -2.33. The van der Waals surface area contributed by atoms with Crippen molar-refractivity contribution in [3.8, 4) is 0 Å². The molecule has 0 bridgehead atoms. The van der Waals surface area contributed by atoms with Crippen molar-refractivity contribution in [3.63, 3.8) is 0 Å². The number of hydrogen-bond acceptors (Lipinski definition) is 4. The van der Waals surface area contributed by atoms with Gasteiger partial charge in [-0.1, -0.05) is 56.8 Å². The minimum atomic E-state index is 0.00718. The number of amides is 1. The van der Waals surface area contributed by atoms with Gasteiger partial charge in [-0.05, 0) is 49.8 Å². The molecule has 0 aliphatic carbocycles. The van der Waals surface area contributed by atoms with E-state index in [9.17, 15) is 4.79 Å². The molecule has 140 valence electrons. The van der Waals surface area contributed by atoms with Gasteiger partial charge in [-0.25, -0.2) is 9.97 Å². The average Bonchev–Trinajstić information content (AvgIpc) is 2.62. The lowest BCUT2D eigenvalue weighted by Gasteiger charge is -2.23. The number of aromatic nitrogens is 2. The van der Waals surface area contributed by atoms with Gasteiger partial charge in [-0.15, -0.1) is 0 Å². The first-order valence-electron chi connectivity index (χ1n) is 9.14. The smallest absolute Gasteiger partial charge is 0.230 e. The van der Waals surface area contributed by atoms with E-state index in [4.69, 9.17) is 0 Å². The van der Waals surface area contributed by atoms with Gasteiger partial charge in [-0.2, -0.15) is 0 Å². The Bertz CT molecular complexity index is 733. The van der Waals surface area contributed by atoms with Crippen LogP contribution < -0.4 is 5.32 Å². The van der Waals surface area contributed by atoms with Crippen molar-refractivity contribution in [2.75, 3.05) is 5.75 Å². The summed E-state index contributed by atoms with van der Waals surface area (Å²) in [6, 6.07) is 8.52. The topological polar surface area (TPSA) is 54.9 Å². The van der Waals surface area contributed by atoms with Crippen molar-refractivity contribution in [3.05, 3.63) is 52.3 Å². The molecule has 1 atom stereocenters. The number of carbonyl (C=O) groups excluding carboxylic acids is 1. The van der Waals surface area contributed by atoms with Gasteiger partial charge in [0, 0.05) is 11.4 Å². The normalized spacial score (nSPS) is 12.3. The molecule has 0 unspecified atom stereocenters. The molecular formula is C21H29N3OS. The predicted octanol–water partition coefficient (Wildman–Crippen LogP) is 4.57. The molecule has 0 radical (unpaired) electrons. The van der Waals surface area contributed by atoms with Crippen LogP contribution in [0.2, 0.25) is 0 Å². The van der Waals surface area contributed by atoms with Gasteiger partial charge in [0.1, 0.15) is 0 Å². The largest absolute Gasteiger partial charge is 0.348 e. The lowest BCUT2D eigenvalue weighted by atomic mass is 9.95. The molecule has 0 saturated carbocycles. The van der Waals surface area contributed by atoms with Gasteiger partial charge in [-0.3, -0.25) is 4.79 Å². The van der Waals surface area contributed by atoms with Gasteiger partial charge >= 0.3 is 0 Å². The van der Waals surface area contributed by atoms with Gasteiger partial charge in [0.15, 0.2) is 5.16 Å². The molecule has 26 heavy (non-hydrogen) atoms. The first-order valence-corrected chi connectivity index (χ1v) is 10.1. The van der Waals surface area contributed by atoms with Crippen LogP contribution in [0.5, 0.6) is 0 Å². The van der Waals surface area contributed by atoms with Crippen molar-refractivity contribution in [1.82, 2.24) is 15.3 Å². The van der Waals surface area contributed by atoms with E-state index < -0.39 is 0 Å². The molecule has 2 aromatic rings. The van der Waals surface area contributed by atoms with Crippen LogP contribution >= 0.6 is 11.8 Å². The number of aryl methyl sites for hydroxylation is 3. The molecule has 1 aromatic heterocycles. The summed E-state index contributed by atoms with van der Waals surface area (Å²) in [6.45, 7) is 12.4. The van der Waals surface area contributed by atoms with Crippen molar-refractivity contribution in [2.45, 2.75) is 59.2 Å². The number of hydrogen-bond donors (Lipinski definition) is 1. The Morgan fingerprint density at radius 3 is 2.15 bits per heavy atom. The summed E-state index contributed by atoms with van der Waals surface area (Å²) in [5.41, 5.74) is 5.50. The summed E-state index contributed by atoms with van der Waals surface area (Å²) in [6.07, 6.45) is 1.02. The Labute approximate surface area is 161 Å². The first-order chi connectivity index (χ1) is 12.3. The molecular weight excluding hydrogens is 342 g/mol. The Hall–Kier alpha value is -1.88. The zero-order valence-electron chi connectivity index (χ0n) is 16.6. The molecule has 0 spiro atoms. The van der Waals surface area contributed by atoms with E-state index in [-0.39, 0.29) is 11.9 Å². The van der Waals surface area contributed by atoms with E-state index in [0.29, 0.717) is 16.8 Å². The van der Waals surface area contributed by atoms with E-state index in [2.05, 4.69) is 60.3 Å². The average molecular weight is 372 g/mol. The van der Waals surface area contributed by atoms with Crippen LogP contribution in [-0.2, 0) is 11.2 Å². The zero-order valence-corrected chi connectivity index (χ0v) is 17.4. The van der Waals surface area contributed by atoms with Crippen LogP contribution in [0, 0.1) is 26.7 Å². The van der Waals surface area contributed by atoms with Crippen molar-refractivity contribution in [2.24, 2.45) is 5.92 Å². The molecule has 2 rings (SSSR count). The summed E-state index contributed by atoms with van der Waals surface area (Å²) in [4.78, 5) is 21.4. The van der Waals surface area contributed by atoms with Crippen LogP contribution in [0.15, 0.2) is 29.4 Å². The van der Waals surface area contributed by atoms with Gasteiger partial charge in [0.05, 0.1) is 11.8 Å². The fraction of sp³-hybridized carbons (Fsp3) is 0.476. The fourth-order valence-corrected chi connectivity index (χ4v) is 3.49. The van der Waals surface area contributed by atoms with Crippen molar-refractivity contribution >= 4 is 17.7 Å². The van der Waals surface area contributed by atoms with Crippen LogP contribution in [0.1, 0.15) is 54.9 Å². The Kier molecular flexibility index (Phi) is 7.21. The Morgan fingerprint density at radius 2 is 1.65 bits per heavy atom. The molecule has 1 aromatic carbocycles. The van der Waals surface area contributed by atoms with Gasteiger partial charge in [0.25, 0.3) is 0 Å². The van der Waals surface area contributed by atoms with Crippen LogP contribution in [0.25, 0.3) is 0 Å². The number of nitrogens with zero attached hydrogens (tertiary/aromatic N) is 2. The zero-order chi connectivity index (χ0) is 19.3. The van der Waals surface area contributed by atoms with Crippen LogP contribution in [0.4, 0.5) is 0 Å². The van der Waals surface area contributed by atoms with E-state index >= 15 is 0 Å². The van der Waals surface area contributed by atoms with E-state index in [1.165, 1.54) is 17.3 Å². The maximum Gasteiger partial charge on any atom is 0.230 e. The molecule has 0 saturated heterocycles. The second-order valence-corrected chi connectivity index (χ2v) is 7.92. The lowest BCUT2D eigenvalue weighted by molar-refractivity contribution is -0.119. The second-order valence-electron chi connectivity index (χ2n) is 6.98. The molecule has 1 amide bonds. The number of rotatable bonds is 7. The molecule has 1 heterocycles. The minimum Gasteiger partial charge on any atom is -0.348 e. The summed E-state index contributed by atoms with van der Waals surface area (Å²) in [7, 11) is 0. The predicted molar refractivity (Wildman–Crippen MR) is 109 cm³/mol. The summed E-state index contributed by atoms with van der Waals surface area (Å²) < 4.78 is 0. The third kappa shape index (κ3) is 5.31. The highest BCUT2D eigenvalue weighted by Gasteiger charge is 2.19. The molecule has 0 fully saturated rings. The number of benzene rings is 1. The van der Waals surface area contributed by atoms with E-state index in [1.807, 2.05) is 20.8 Å². The molecule has 1 N–H and O–H groups in total. The highest BCUT2D eigenvalue weighted by atomic mass is 32.2. The maximum atomic E-state index is 12.5. The molecule has 5 heteroatoms. The summed E-state index contributed by atoms with van der Waals surface area (Å²) in [5.74, 6) is 0.641. The Morgan fingerprint density at radius 1 is 1.08 bits per heavy atom. The van der Waals surface area contributed by atoms with Gasteiger partial charge < -0.3 is 5.32 Å². The van der Waals surface area contributed by atoms with E-state index in [1.54, 1.807) is 0 Å². The van der Waals surface area contributed by atoms with Crippen LogP contribution in [0.3, 0.4) is 0 Å². The summed E-state index contributed by atoms with van der Waals surface area (Å²) >= 11 is 1.39. The Balaban J connectivity index is 2.01. The third-order valence-electron chi connectivity index (χ3n) is 4.67. The quantitative estimate of drug-likeness (QED) is 0.572. The highest BCUT2D eigenvalue weighted by molar-refractivity contribution is 7.99. The maximum absolute atomic E-state index is 12.5. The fourth-order valence-electron chi connectivity index (χ4n) is 2.75. The van der Waals surface area contributed by atoms with Crippen molar-refractivity contribution in [1.29, 1.82) is 0 Å². The van der Waals surface area contributed by atoms with E-state index in [0.717, 1.165) is 28.9 Å². The summed E-state index contributed by atoms with van der Waals surface area (Å²) in [5, 5.41) is 3.83.